The lowest BCUT2D eigenvalue weighted by Gasteiger charge is -2.09. The largest absolute Gasteiger partial charge is 0.269 e. The van der Waals surface area contributed by atoms with Crippen LogP contribution in [-0.4, -0.2) is 19.6 Å². The second-order valence-corrected chi connectivity index (χ2v) is 7.08. The van der Waals surface area contributed by atoms with Gasteiger partial charge in [0.2, 0.25) is 0 Å². The molecule has 2 aromatic rings. The highest BCUT2D eigenvalue weighted by Gasteiger charge is 2.14. The molecule has 0 spiro atoms. The summed E-state index contributed by atoms with van der Waals surface area (Å²) in [4.78, 5) is 10.4. The second-order valence-electron chi connectivity index (χ2n) is 4.94. The summed E-state index contributed by atoms with van der Waals surface area (Å²) < 4.78 is 23.0. The van der Waals surface area contributed by atoms with Crippen LogP contribution in [0.2, 0.25) is 0 Å². The molecule has 0 saturated heterocycles. The number of nitro groups is 1. The third-order valence-corrected chi connectivity index (χ3v) is 3.89. The molecule has 21 heavy (non-hydrogen) atoms. The topological polar surface area (TPSA) is 77.3 Å². The normalized spacial score (nSPS) is 11.3. The third-order valence-electron chi connectivity index (χ3n) is 3.06. The SMILES string of the molecule is CS(=O)(=O)Cc1ccc([N+](=O)[O-])cc1Cc1ccccc1. The van der Waals surface area contributed by atoms with Crippen LogP contribution < -0.4 is 0 Å². The minimum atomic E-state index is -3.19. The highest BCUT2D eigenvalue weighted by Crippen LogP contribution is 2.22. The fourth-order valence-corrected chi connectivity index (χ4v) is 2.98. The zero-order chi connectivity index (χ0) is 15.5. The Balaban J connectivity index is 2.43. The van der Waals surface area contributed by atoms with Crippen molar-refractivity contribution in [1.29, 1.82) is 0 Å². The van der Waals surface area contributed by atoms with Crippen LogP contribution in [0, 0.1) is 10.1 Å². The van der Waals surface area contributed by atoms with Crippen molar-refractivity contribution in [1.82, 2.24) is 0 Å². The fourth-order valence-electron chi connectivity index (χ4n) is 2.13. The summed E-state index contributed by atoms with van der Waals surface area (Å²) in [6.07, 6.45) is 1.62. The molecule has 0 aliphatic heterocycles. The molecule has 0 amide bonds. The maximum Gasteiger partial charge on any atom is 0.269 e. The maximum atomic E-state index is 11.5. The predicted octanol–water partition coefficient (Wildman–Crippen LogP) is 2.73. The molecule has 0 aliphatic rings. The van der Waals surface area contributed by atoms with Gasteiger partial charge in [0, 0.05) is 18.4 Å². The average molecular weight is 305 g/mol. The van der Waals surface area contributed by atoms with E-state index in [9.17, 15) is 18.5 Å². The summed E-state index contributed by atoms with van der Waals surface area (Å²) in [7, 11) is -3.19. The first-order chi connectivity index (χ1) is 9.85. The van der Waals surface area contributed by atoms with E-state index in [-0.39, 0.29) is 11.4 Å². The van der Waals surface area contributed by atoms with Gasteiger partial charge in [-0.25, -0.2) is 8.42 Å². The van der Waals surface area contributed by atoms with E-state index in [1.165, 1.54) is 18.2 Å². The molecule has 5 nitrogen and oxygen atoms in total. The highest BCUT2D eigenvalue weighted by atomic mass is 32.2. The lowest BCUT2D eigenvalue weighted by molar-refractivity contribution is -0.384. The Kier molecular flexibility index (Phi) is 4.37. The average Bonchev–Trinajstić information content (AvgIpc) is 2.40. The quantitative estimate of drug-likeness (QED) is 0.628. The molecule has 110 valence electrons. The molecule has 2 rings (SSSR count). The summed E-state index contributed by atoms with van der Waals surface area (Å²) in [5.41, 5.74) is 2.22. The molecule has 0 aromatic heterocycles. The molecule has 0 bridgehead atoms. The Hall–Kier alpha value is -2.21. The van der Waals surface area contributed by atoms with Crippen molar-refractivity contribution < 1.29 is 13.3 Å². The second kappa shape index (κ2) is 6.05. The summed E-state index contributed by atoms with van der Waals surface area (Å²) in [6.45, 7) is 0. The molecule has 0 fully saturated rings. The van der Waals surface area contributed by atoms with E-state index in [4.69, 9.17) is 0 Å². The molecule has 0 heterocycles. The molecule has 0 atom stereocenters. The molecule has 0 radical (unpaired) electrons. The Morgan fingerprint density at radius 1 is 1.05 bits per heavy atom. The first-order valence-electron chi connectivity index (χ1n) is 6.33. The van der Waals surface area contributed by atoms with Gasteiger partial charge in [0.25, 0.3) is 5.69 Å². The molecule has 0 saturated carbocycles. The number of hydrogen-bond acceptors (Lipinski definition) is 4. The van der Waals surface area contributed by atoms with Crippen molar-refractivity contribution in [3.63, 3.8) is 0 Å². The summed E-state index contributed by atoms with van der Waals surface area (Å²) >= 11 is 0. The van der Waals surface area contributed by atoms with E-state index >= 15 is 0 Å². The van der Waals surface area contributed by atoms with E-state index in [2.05, 4.69) is 0 Å². The van der Waals surface area contributed by atoms with Gasteiger partial charge in [-0.1, -0.05) is 36.4 Å². The molecular formula is C15H15NO4S. The number of rotatable bonds is 5. The molecule has 0 aliphatic carbocycles. The molecule has 6 heteroatoms. The smallest absolute Gasteiger partial charge is 0.258 e. The third kappa shape index (κ3) is 4.39. The Morgan fingerprint density at radius 3 is 2.29 bits per heavy atom. The molecular weight excluding hydrogens is 290 g/mol. The van der Waals surface area contributed by atoms with Gasteiger partial charge in [0.1, 0.15) is 0 Å². The summed E-state index contributed by atoms with van der Waals surface area (Å²) in [5, 5.41) is 10.9. The van der Waals surface area contributed by atoms with Crippen molar-refractivity contribution in [3.8, 4) is 0 Å². The van der Waals surface area contributed by atoms with Gasteiger partial charge in [0.05, 0.1) is 10.7 Å². The van der Waals surface area contributed by atoms with Gasteiger partial charge < -0.3 is 0 Å². The lowest BCUT2D eigenvalue weighted by Crippen LogP contribution is -2.05. The van der Waals surface area contributed by atoms with Gasteiger partial charge >= 0.3 is 0 Å². The predicted molar refractivity (Wildman–Crippen MR) is 80.9 cm³/mol. The van der Waals surface area contributed by atoms with Crippen molar-refractivity contribution >= 4 is 15.5 Å². The number of nitro benzene ring substituents is 1. The van der Waals surface area contributed by atoms with Crippen molar-refractivity contribution in [2.24, 2.45) is 0 Å². The fraction of sp³-hybridized carbons (Fsp3) is 0.200. The highest BCUT2D eigenvalue weighted by molar-refractivity contribution is 7.89. The minimum Gasteiger partial charge on any atom is -0.258 e. The molecule has 0 unspecified atom stereocenters. The van der Waals surface area contributed by atoms with Crippen LogP contribution in [0.15, 0.2) is 48.5 Å². The van der Waals surface area contributed by atoms with Gasteiger partial charge in [-0.2, -0.15) is 0 Å². The first kappa shape index (κ1) is 15.2. The summed E-state index contributed by atoms with van der Waals surface area (Å²) in [6, 6.07) is 13.8. The number of benzene rings is 2. The number of non-ortho nitro benzene ring substituents is 1. The van der Waals surface area contributed by atoms with Crippen LogP contribution in [0.25, 0.3) is 0 Å². The number of hydrogen-bond donors (Lipinski definition) is 0. The monoisotopic (exact) mass is 305 g/mol. The maximum absolute atomic E-state index is 11.5. The van der Waals surface area contributed by atoms with Crippen LogP contribution in [-0.2, 0) is 22.0 Å². The molecule has 0 N–H and O–H groups in total. The van der Waals surface area contributed by atoms with Crippen molar-refractivity contribution in [2.45, 2.75) is 12.2 Å². The van der Waals surface area contributed by atoms with Crippen LogP contribution in [0.3, 0.4) is 0 Å². The standard InChI is InChI=1S/C15H15NO4S/c1-21(19,20)11-13-7-8-15(16(17)18)10-14(13)9-12-5-3-2-4-6-12/h2-8,10H,9,11H2,1H3. The first-order valence-corrected chi connectivity index (χ1v) is 8.39. The Bertz CT molecular complexity index is 754. The van der Waals surface area contributed by atoms with Crippen LogP contribution >= 0.6 is 0 Å². The summed E-state index contributed by atoms with van der Waals surface area (Å²) in [5.74, 6) is -0.118. The number of nitrogens with zero attached hydrogens (tertiary/aromatic N) is 1. The van der Waals surface area contributed by atoms with Crippen molar-refractivity contribution in [3.05, 3.63) is 75.3 Å². The van der Waals surface area contributed by atoms with Crippen LogP contribution in [0.4, 0.5) is 5.69 Å². The Morgan fingerprint density at radius 2 is 1.71 bits per heavy atom. The van der Waals surface area contributed by atoms with Crippen LogP contribution in [0.5, 0.6) is 0 Å². The van der Waals surface area contributed by atoms with Gasteiger partial charge in [-0.3, -0.25) is 10.1 Å². The number of sulfone groups is 1. The zero-order valence-corrected chi connectivity index (χ0v) is 12.3. The van der Waals surface area contributed by atoms with Gasteiger partial charge in [-0.05, 0) is 23.1 Å². The zero-order valence-electron chi connectivity index (χ0n) is 11.5. The van der Waals surface area contributed by atoms with E-state index in [1.807, 2.05) is 30.3 Å². The molecule has 2 aromatic carbocycles. The van der Waals surface area contributed by atoms with Gasteiger partial charge in [0.15, 0.2) is 9.84 Å². The van der Waals surface area contributed by atoms with E-state index < -0.39 is 14.8 Å². The van der Waals surface area contributed by atoms with Gasteiger partial charge in [-0.15, -0.1) is 0 Å². The van der Waals surface area contributed by atoms with Crippen LogP contribution in [0.1, 0.15) is 16.7 Å². The van der Waals surface area contributed by atoms with E-state index in [0.717, 1.165) is 11.8 Å². The lowest BCUT2D eigenvalue weighted by atomic mass is 10.00. The van der Waals surface area contributed by atoms with E-state index in [1.54, 1.807) is 0 Å². The van der Waals surface area contributed by atoms with E-state index in [0.29, 0.717) is 17.5 Å². The minimum absolute atomic E-state index is 0.0295. The Labute approximate surface area is 123 Å². The van der Waals surface area contributed by atoms with Crippen molar-refractivity contribution in [2.75, 3.05) is 6.26 Å².